The minimum absolute atomic E-state index is 0.00593. The summed E-state index contributed by atoms with van der Waals surface area (Å²) in [7, 11) is 0. The van der Waals surface area contributed by atoms with E-state index in [1.807, 2.05) is 0 Å². The number of fused-ring (bicyclic) bond motifs is 2. The standard InChI is InChI=1S/C16H11Cl5O4/c17-15(18,5-6-16(19,20)21)12-13(23)8(22)7-11-14(12)25-10-4-2-1-3-9(10)24-11/h1-4,7,22-23H,5-6H2. The molecule has 0 aromatic heterocycles. The highest BCUT2D eigenvalue weighted by molar-refractivity contribution is 6.67. The van der Waals surface area contributed by atoms with E-state index >= 15 is 0 Å². The van der Waals surface area contributed by atoms with Crippen molar-refractivity contribution in [3.8, 4) is 34.5 Å². The van der Waals surface area contributed by atoms with Crippen molar-refractivity contribution in [3.05, 3.63) is 35.9 Å². The molecule has 134 valence electrons. The van der Waals surface area contributed by atoms with E-state index in [4.69, 9.17) is 67.5 Å². The molecular formula is C16H11Cl5O4. The molecule has 2 aromatic rings. The maximum atomic E-state index is 10.3. The van der Waals surface area contributed by atoms with Crippen LogP contribution < -0.4 is 9.47 Å². The third kappa shape index (κ3) is 3.93. The van der Waals surface area contributed by atoms with E-state index in [0.29, 0.717) is 11.5 Å². The van der Waals surface area contributed by atoms with Crippen molar-refractivity contribution in [3.63, 3.8) is 0 Å². The number of ether oxygens (including phenoxy) is 2. The molecule has 25 heavy (non-hydrogen) atoms. The zero-order valence-corrected chi connectivity index (χ0v) is 16.2. The molecule has 0 saturated heterocycles. The average molecular weight is 445 g/mol. The van der Waals surface area contributed by atoms with Crippen LogP contribution in [0.15, 0.2) is 30.3 Å². The molecule has 1 aliphatic heterocycles. The van der Waals surface area contributed by atoms with Gasteiger partial charge in [0.25, 0.3) is 0 Å². The lowest BCUT2D eigenvalue weighted by molar-refractivity contribution is 0.337. The molecule has 0 radical (unpaired) electrons. The molecule has 0 saturated carbocycles. The summed E-state index contributed by atoms with van der Waals surface area (Å²) >= 11 is 30.0. The Balaban J connectivity index is 2.07. The molecule has 0 bridgehead atoms. The maximum absolute atomic E-state index is 10.3. The van der Waals surface area contributed by atoms with E-state index in [-0.39, 0.29) is 29.9 Å². The van der Waals surface area contributed by atoms with Crippen molar-refractivity contribution < 1.29 is 19.7 Å². The van der Waals surface area contributed by atoms with Crippen LogP contribution in [0.3, 0.4) is 0 Å². The van der Waals surface area contributed by atoms with Crippen LogP contribution in [0.4, 0.5) is 0 Å². The molecule has 1 aliphatic rings. The van der Waals surface area contributed by atoms with Gasteiger partial charge in [-0.15, -0.1) is 0 Å². The SMILES string of the molecule is Oc1cc2c(c(C(Cl)(Cl)CCC(Cl)(Cl)Cl)c1O)Oc1ccccc1O2. The first kappa shape index (κ1) is 18.9. The quantitative estimate of drug-likeness (QED) is 0.345. The van der Waals surface area contributed by atoms with E-state index in [9.17, 15) is 10.2 Å². The summed E-state index contributed by atoms with van der Waals surface area (Å²) in [4.78, 5) is 0. The fourth-order valence-electron chi connectivity index (χ4n) is 2.40. The van der Waals surface area contributed by atoms with Gasteiger partial charge in [0.15, 0.2) is 42.6 Å². The number of para-hydroxylation sites is 2. The van der Waals surface area contributed by atoms with Gasteiger partial charge in [0.2, 0.25) is 0 Å². The third-order valence-electron chi connectivity index (χ3n) is 3.57. The molecule has 0 fully saturated rings. The van der Waals surface area contributed by atoms with Crippen molar-refractivity contribution in [2.24, 2.45) is 0 Å². The molecule has 9 heteroatoms. The fourth-order valence-corrected chi connectivity index (χ4v) is 3.23. The largest absolute Gasteiger partial charge is 0.504 e. The third-order valence-corrected chi connectivity index (χ3v) is 4.89. The van der Waals surface area contributed by atoms with Gasteiger partial charge in [0.1, 0.15) is 0 Å². The van der Waals surface area contributed by atoms with Gasteiger partial charge < -0.3 is 19.7 Å². The molecular weight excluding hydrogens is 433 g/mol. The zero-order valence-electron chi connectivity index (χ0n) is 12.4. The van der Waals surface area contributed by atoms with E-state index in [1.165, 1.54) is 6.07 Å². The number of hydrogen-bond donors (Lipinski definition) is 2. The lowest BCUT2D eigenvalue weighted by Crippen LogP contribution is -2.17. The first-order chi connectivity index (χ1) is 11.6. The topological polar surface area (TPSA) is 58.9 Å². The molecule has 3 rings (SSSR count). The smallest absolute Gasteiger partial charge is 0.190 e. The zero-order chi connectivity index (χ0) is 18.4. The Morgan fingerprint density at radius 1 is 0.840 bits per heavy atom. The van der Waals surface area contributed by atoms with Gasteiger partial charge in [-0.05, 0) is 25.0 Å². The number of benzene rings is 2. The first-order valence-electron chi connectivity index (χ1n) is 7.07. The monoisotopic (exact) mass is 442 g/mol. The normalized spacial score (nSPS) is 13.5. The predicted octanol–water partition coefficient (Wildman–Crippen LogP) is 6.78. The van der Waals surface area contributed by atoms with Crippen molar-refractivity contribution >= 4 is 58.0 Å². The highest BCUT2D eigenvalue weighted by atomic mass is 35.6. The van der Waals surface area contributed by atoms with Gasteiger partial charge in [0, 0.05) is 6.07 Å². The Labute approximate surface area is 168 Å². The van der Waals surface area contributed by atoms with Gasteiger partial charge in [-0.1, -0.05) is 70.1 Å². The van der Waals surface area contributed by atoms with Gasteiger partial charge in [-0.25, -0.2) is 0 Å². The van der Waals surface area contributed by atoms with E-state index in [2.05, 4.69) is 0 Å². The minimum atomic E-state index is -1.70. The second kappa shape index (κ2) is 6.67. The summed E-state index contributed by atoms with van der Waals surface area (Å²) in [6, 6.07) is 8.10. The summed E-state index contributed by atoms with van der Waals surface area (Å²) in [6.07, 6.45) is -0.0208. The van der Waals surface area contributed by atoms with Gasteiger partial charge in [-0.2, -0.15) is 0 Å². The number of phenolic OH excluding ortho intramolecular Hbond substituents is 2. The molecule has 0 aliphatic carbocycles. The maximum Gasteiger partial charge on any atom is 0.190 e. The molecule has 0 amide bonds. The Morgan fingerprint density at radius 3 is 2.04 bits per heavy atom. The molecule has 0 unspecified atom stereocenters. The summed E-state index contributed by atoms with van der Waals surface area (Å²) in [5, 5.41) is 20.3. The van der Waals surface area contributed by atoms with Crippen LogP contribution in [0.2, 0.25) is 0 Å². The van der Waals surface area contributed by atoms with Crippen LogP contribution in [0.1, 0.15) is 18.4 Å². The van der Waals surface area contributed by atoms with Crippen LogP contribution >= 0.6 is 58.0 Å². The summed E-state index contributed by atoms with van der Waals surface area (Å²) in [5.41, 5.74) is -0.0606. The van der Waals surface area contributed by atoms with Crippen LogP contribution in [0, 0.1) is 0 Å². The van der Waals surface area contributed by atoms with Crippen LogP contribution in [0.25, 0.3) is 0 Å². The van der Waals surface area contributed by atoms with Gasteiger partial charge in [0.05, 0.1) is 5.56 Å². The number of rotatable bonds is 3. The summed E-state index contributed by atoms with van der Waals surface area (Å²) < 4.78 is 8.22. The van der Waals surface area contributed by atoms with Gasteiger partial charge in [-0.3, -0.25) is 0 Å². The van der Waals surface area contributed by atoms with E-state index < -0.39 is 19.6 Å². The van der Waals surface area contributed by atoms with Crippen molar-refractivity contribution in [2.75, 3.05) is 0 Å². The van der Waals surface area contributed by atoms with Crippen molar-refractivity contribution in [1.29, 1.82) is 0 Å². The van der Waals surface area contributed by atoms with Crippen molar-refractivity contribution in [1.82, 2.24) is 0 Å². The molecule has 4 nitrogen and oxygen atoms in total. The Bertz CT molecular complexity index is 817. The van der Waals surface area contributed by atoms with Crippen LogP contribution in [-0.2, 0) is 4.33 Å². The van der Waals surface area contributed by atoms with E-state index in [0.717, 1.165) is 0 Å². The second-order valence-electron chi connectivity index (χ2n) is 5.42. The number of phenols is 2. The van der Waals surface area contributed by atoms with Crippen LogP contribution in [0.5, 0.6) is 34.5 Å². The van der Waals surface area contributed by atoms with Gasteiger partial charge >= 0.3 is 0 Å². The highest BCUT2D eigenvalue weighted by Gasteiger charge is 2.40. The lowest BCUT2D eigenvalue weighted by Gasteiger charge is -2.29. The summed E-state index contributed by atoms with van der Waals surface area (Å²) in [6.45, 7) is 0. The molecule has 0 spiro atoms. The van der Waals surface area contributed by atoms with E-state index in [1.54, 1.807) is 24.3 Å². The Hall–Kier alpha value is -0.910. The predicted molar refractivity (Wildman–Crippen MR) is 99.3 cm³/mol. The average Bonchev–Trinajstić information content (AvgIpc) is 2.52. The highest BCUT2D eigenvalue weighted by Crippen LogP contribution is 2.58. The minimum Gasteiger partial charge on any atom is -0.504 e. The number of alkyl halides is 5. The number of halogens is 5. The Morgan fingerprint density at radius 2 is 1.44 bits per heavy atom. The fraction of sp³-hybridized carbons (Fsp3) is 0.250. The van der Waals surface area contributed by atoms with Crippen molar-refractivity contribution in [2.45, 2.75) is 21.0 Å². The molecule has 0 atom stereocenters. The number of aromatic hydroxyl groups is 2. The molecule has 2 N–H and O–H groups in total. The second-order valence-corrected chi connectivity index (χ2v) is 9.42. The Kier molecular flexibility index (Phi) is 5.04. The molecule has 2 aromatic carbocycles. The first-order valence-corrected chi connectivity index (χ1v) is 8.96. The van der Waals surface area contributed by atoms with Crippen LogP contribution in [-0.4, -0.2) is 14.0 Å². The number of hydrogen-bond acceptors (Lipinski definition) is 4. The molecule has 1 heterocycles. The lowest BCUT2D eigenvalue weighted by atomic mass is 10.0. The summed E-state index contributed by atoms with van der Waals surface area (Å²) in [5.74, 6) is 0.105.